The molecule has 0 radical (unpaired) electrons. The van der Waals surface area contributed by atoms with Crippen molar-refractivity contribution in [2.75, 3.05) is 44.4 Å². The van der Waals surface area contributed by atoms with E-state index in [0.717, 1.165) is 12.1 Å². The minimum Gasteiger partial charge on any atom is -0.486 e. The Labute approximate surface area is 221 Å². The van der Waals surface area contributed by atoms with Crippen molar-refractivity contribution in [1.82, 2.24) is 14.7 Å². The zero-order valence-corrected chi connectivity index (χ0v) is 22.1. The van der Waals surface area contributed by atoms with E-state index in [2.05, 4.69) is 31.1 Å². The number of anilines is 1. The Bertz CT molecular complexity index is 1340. The molecule has 2 aromatic heterocycles. The molecule has 1 fully saturated rings. The van der Waals surface area contributed by atoms with E-state index >= 15 is 0 Å². The first-order valence-electron chi connectivity index (χ1n) is 12.1. The van der Waals surface area contributed by atoms with Gasteiger partial charge in [-0.3, -0.25) is 18.8 Å². The number of nitrogens with one attached hydrogen (secondary N) is 1. The Balaban J connectivity index is 1.61. The van der Waals surface area contributed by atoms with Crippen molar-refractivity contribution < 1.29 is 23.5 Å². The van der Waals surface area contributed by atoms with E-state index in [0.29, 0.717) is 42.8 Å². The molecular formula is C26H28BrFN4O5. The number of ether oxygens (including phenoxy) is 2. The SMILES string of the molecule is CCCCOc1c(C(=O)NCC(=O)Cc2ccc(F)cc2)nc2c(Br)cc(N3CCOCC3)cn2c1=O. The molecule has 1 aliphatic rings. The molecule has 0 spiro atoms. The van der Waals surface area contributed by atoms with Crippen molar-refractivity contribution in [1.29, 1.82) is 0 Å². The van der Waals surface area contributed by atoms with Crippen LogP contribution >= 0.6 is 15.9 Å². The summed E-state index contributed by atoms with van der Waals surface area (Å²) in [7, 11) is 0. The van der Waals surface area contributed by atoms with Gasteiger partial charge in [0.05, 0.1) is 36.5 Å². The average molecular weight is 575 g/mol. The summed E-state index contributed by atoms with van der Waals surface area (Å²) in [5.41, 5.74) is 1.00. The third kappa shape index (κ3) is 6.53. The van der Waals surface area contributed by atoms with Gasteiger partial charge in [0.15, 0.2) is 17.1 Å². The van der Waals surface area contributed by atoms with Crippen molar-refractivity contribution >= 4 is 39.0 Å². The number of hydrogen-bond donors (Lipinski definition) is 1. The molecule has 1 amide bonds. The van der Waals surface area contributed by atoms with Crippen molar-refractivity contribution in [3.05, 3.63) is 68.4 Å². The quantitative estimate of drug-likeness (QED) is 0.371. The van der Waals surface area contributed by atoms with Crippen LogP contribution in [0.25, 0.3) is 5.65 Å². The van der Waals surface area contributed by atoms with Crippen LogP contribution in [0, 0.1) is 5.82 Å². The van der Waals surface area contributed by atoms with Crippen LogP contribution in [0.4, 0.5) is 10.1 Å². The van der Waals surface area contributed by atoms with Gasteiger partial charge in [-0.15, -0.1) is 0 Å². The molecule has 11 heteroatoms. The molecule has 37 heavy (non-hydrogen) atoms. The van der Waals surface area contributed by atoms with E-state index < -0.39 is 17.3 Å². The van der Waals surface area contributed by atoms with Gasteiger partial charge < -0.3 is 19.7 Å². The molecular weight excluding hydrogens is 547 g/mol. The summed E-state index contributed by atoms with van der Waals surface area (Å²) in [5, 5.41) is 2.55. The number of rotatable bonds is 10. The molecule has 9 nitrogen and oxygen atoms in total. The lowest BCUT2D eigenvalue weighted by Gasteiger charge is -2.29. The van der Waals surface area contributed by atoms with E-state index in [1.54, 1.807) is 6.20 Å². The largest absolute Gasteiger partial charge is 0.486 e. The van der Waals surface area contributed by atoms with Gasteiger partial charge in [0, 0.05) is 25.7 Å². The lowest BCUT2D eigenvalue weighted by Crippen LogP contribution is -2.37. The molecule has 4 rings (SSSR count). The van der Waals surface area contributed by atoms with Crippen molar-refractivity contribution in [2.45, 2.75) is 26.2 Å². The summed E-state index contributed by atoms with van der Waals surface area (Å²) >= 11 is 3.49. The predicted octanol–water partition coefficient (Wildman–Crippen LogP) is 3.15. The summed E-state index contributed by atoms with van der Waals surface area (Å²) < 4.78 is 26.2. The Morgan fingerprint density at radius 1 is 1.22 bits per heavy atom. The summed E-state index contributed by atoms with van der Waals surface area (Å²) in [4.78, 5) is 45.5. The summed E-state index contributed by atoms with van der Waals surface area (Å²) in [6, 6.07) is 7.43. The number of pyridine rings is 1. The molecule has 0 unspecified atom stereocenters. The third-order valence-corrected chi connectivity index (χ3v) is 6.50. The fourth-order valence-corrected chi connectivity index (χ4v) is 4.44. The highest BCUT2D eigenvalue weighted by atomic mass is 79.9. The van der Waals surface area contributed by atoms with Gasteiger partial charge in [-0.1, -0.05) is 25.5 Å². The number of carbonyl (C=O) groups is 2. The standard InChI is InChI=1S/C26H28BrFN4O5/c1-2-3-10-37-23-22(25(34)29-15-20(33)13-17-4-6-18(28)7-5-17)30-24-21(27)14-19(16-32(24)26(23)35)31-8-11-36-12-9-31/h4-7,14,16H,2-3,8-13,15H2,1H3,(H,29,34). The number of ketones is 1. The molecule has 1 aromatic carbocycles. The van der Waals surface area contributed by atoms with Crippen molar-refractivity contribution in [3.8, 4) is 5.75 Å². The second-order valence-electron chi connectivity index (χ2n) is 8.66. The molecule has 3 aromatic rings. The number of Topliss-reactive ketones (excluding diaryl/α,β-unsaturated/α-hetero) is 1. The number of amides is 1. The van der Waals surface area contributed by atoms with Gasteiger partial charge in [0.2, 0.25) is 5.75 Å². The van der Waals surface area contributed by atoms with Crippen LogP contribution in [0.1, 0.15) is 35.8 Å². The zero-order chi connectivity index (χ0) is 26.4. The molecule has 196 valence electrons. The molecule has 1 N–H and O–H groups in total. The Morgan fingerprint density at radius 2 is 1.95 bits per heavy atom. The van der Waals surface area contributed by atoms with Gasteiger partial charge in [0.25, 0.3) is 5.91 Å². The third-order valence-electron chi connectivity index (χ3n) is 5.92. The molecule has 0 atom stereocenters. The van der Waals surface area contributed by atoms with Gasteiger partial charge >= 0.3 is 5.56 Å². The minimum absolute atomic E-state index is 0.0318. The average Bonchev–Trinajstić information content (AvgIpc) is 2.90. The Kier molecular flexibility index (Phi) is 8.88. The van der Waals surface area contributed by atoms with Crippen molar-refractivity contribution in [3.63, 3.8) is 0 Å². The van der Waals surface area contributed by atoms with Crippen LogP contribution in [0.5, 0.6) is 5.75 Å². The highest BCUT2D eigenvalue weighted by molar-refractivity contribution is 9.10. The lowest BCUT2D eigenvalue weighted by molar-refractivity contribution is -0.117. The normalized spacial score (nSPS) is 13.5. The fourth-order valence-electron chi connectivity index (χ4n) is 3.92. The summed E-state index contributed by atoms with van der Waals surface area (Å²) in [6.45, 7) is 4.51. The minimum atomic E-state index is -0.692. The van der Waals surface area contributed by atoms with Gasteiger partial charge in [-0.2, -0.15) is 0 Å². The fraction of sp³-hybridized carbons (Fsp3) is 0.385. The maximum atomic E-state index is 13.5. The second kappa shape index (κ2) is 12.3. The van der Waals surface area contributed by atoms with Crippen LogP contribution in [0.3, 0.4) is 0 Å². The van der Waals surface area contributed by atoms with E-state index in [1.165, 1.54) is 28.7 Å². The first-order valence-corrected chi connectivity index (χ1v) is 12.9. The summed E-state index contributed by atoms with van der Waals surface area (Å²) in [6.07, 6.45) is 3.25. The Hall–Kier alpha value is -3.31. The molecule has 0 bridgehead atoms. The van der Waals surface area contributed by atoms with Crippen LogP contribution in [0.15, 0.2) is 45.8 Å². The van der Waals surface area contributed by atoms with Crippen LogP contribution < -0.4 is 20.5 Å². The highest BCUT2D eigenvalue weighted by Gasteiger charge is 2.23. The molecule has 1 saturated heterocycles. The number of hydrogen-bond acceptors (Lipinski definition) is 7. The zero-order valence-electron chi connectivity index (χ0n) is 20.5. The van der Waals surface area contributed by atoms with Crippen LogP contribution in [-0.4, -0.2) is 60.5 Å². The molecule has 0 aliphatic carbocycles. The topological polar surface area (TPSA) is 102 Å². The lowest BCUT2D eigenvalue weighted by atomic mass is 10.1. The van der Waals surface area contributed by atoms with E-state index in [-0.39, 0.29) is 42.4 Å². The number of benzene rings is 1. The number of aromatic nitrogens is 2. The van der Waals surface area contributed by atoms with Gasteiger partial charge in [-0.25, -0.2) is 9.37 Å². The molecule has 1 aliphatic heterocycles. The number of fused-ring (bicyclic) bond motifs is 1. The van der Waals surface area contributed by atoms with Gasteiger partial charge in [-0.05, 0) is 46.1 Å². The predicted molar refractivity (Wildman–Crippen MR) is 140 cm³/mol. The monoisotopic (exact) mass is 574 g/mol. The van der Waals surface area contributed by atoms with E-state index in [9.17, 15) is 18.8 Å². The van der Waals surface area contributed by atoms with Crippen LogP contribution in [-0.2, 0) is 16.0 Å². The second-order valence-corrected chi connectivity index (χ2v) is 9.51. The smallest absolute Gasteiger partial charge is 0.301 e. The number of carbonyl (C=O) groups excluding carboxylic acids is 2. The van der Waals surface area contributed by atoms with E-state index in [4.69, 9.17) is 9.47 Å². The molecule has 0 saturated carbocycles. The summed E-state index contributed by atoms with van der Waals surface area (Å²) in [5.74, 6) is -1.53. The Morgan fingerprint density at radius 3 is 2.65 bits per heavy atom. The number of morpholine rings is 1. The maximum absolute atomic E-state index is 13.5. The highest BCUT2D eigenvalue weighted by Crippen LogP contribution is 2.26. The first-order chi connectivity index (χ1) is 17.9. The number of halogens is 2. The molecule has 3 heterocycles. The number of nitrogens with zero attached hydrogens (tertiary/aromatic N) is 3. The van der Waals surface area contributed by atoms with E-state index in [1.807, 2.05) is 13.0 Å². The first kappa shape index (κ1) is 26.7. The number of unbranched alkanes of at least 4 members (excludes halogenated alkanes) is 1. The van der Waals surface area contributed by atoms with Crippen LogP contribution in [0.2, 0.25) is 0 Å². The maximum Gasteiger partial charge on any atom is 0.301 e. The van der Waals surface area contributed by atoms with Crippen molar-refractivity contribution in [2.24, 2.45) is 0 Å². The van der Waals surface area contributed by atoms with Gasteiger partial charge in [0.1, 0.15) is 5.82 Å².